The fraction of sp³-hybridized carbons (Fsp3) is 0.269. The lowest BCUT2D eigenvalue weighted by molar-refractivity contribution is 0.178. The zero-order chi connectivity index (χ0) is 23.8. The molecule has 0 bridgehead atoms. The van der Waals surface area contributed by atoms with E-state index in [-0.39, 0.29) is 5.92 Å². The molecule has 34 heavy (non-hydrogen) atoms. The molecule has 0 spiro atoms. The molecular formula is C26H29ClN6O. The number of aromatic amines is 1. The number of nitrogens with two attached hydrogens (primary N) is 1. The van der Waals surface area contributed by atoms with Gasteiger partial charge in [-0.3, -0.25) is 10.00 Å². The standard InChI is InChI=1S/C26H29ClN6O/c1-2-23-22(25(32-31-23)20-12-13-29-24(27)16-20)11-7-15-34-26(30-28)21-10-6-14-33(18-21)17-19-8-4-3-5-9-19/h2-5,7-9,11-13,16,21H,1,6,10,14-15,17-18,28H2,(H,31,32)/b11-7+,30-26-. The Balaban J connectivity index is 1.38. The molecule has 1 unspecified atom stereocenters. The number of rotatable bonds is 8. The molecule has 1 atom stereocenters. The van der Waals surface area contributed by atoms with Crippen molar-refractivity contribution in [3.8, 4) is 11.3 Å². The summed E-state index contributed by atoms with van der Waals surface area (Å²) >= 11 is 6.06. The number of H-pyrrole nitrogens is 1. The van der Waals surface area contributed by atoms with Gasteiger partial charge in [0.05, 0.1) is 5.69 Å². The number of nitrogens with one attached hydrogen (secondary N) is 1. The van der Waals surface area contributed by atoms with Crippen LogP contribution in [-0.2, 0) is 11.3 Å². The van der Waals surface area contributed by atoms with E-state index < -0.39 is 0 Å². The number of pyridine rings is 1. The quantitative estimate of drug-likeness (QED) is 0.157. The Hall–Kier alpha value is -3.42. The summed E-state index contributed by atoms with van der Waals surface area (Å²) in [5.41, 5.74) is 4.67. The van der Waals surface area contributed by atoms with Crippen molar-refractivity contribution in [2.45, 2.75) is 19.4 Å². The maximum absolute atomic E-state index is 6.06. The first-order chi connectivity index (χ1) is 16.7. The summed E-state index contributed by atoms with van der Waals surface area (Å²) in [7, 11) is 0. The molecule has 3 N–H and O–H groups in total. The van der Waals surface area contributed by atoms with Gasteiger partial charge >= 0.3 is 0 Å². The molecule has 1 aromatic carbocycles. The topological polar surface area (TPSA) is 92.4 Å². The van der Waals surface area contributed by atoms with E-state index in [2.05, 4.69) is 56.0 Å². The molecule has 1 aliphatic heterocycles. The Labute approximate surface area is 205 Å². The molecule has 0 radical (unpaired) electrons. The third kappa shape index (κ3) is 5.92. The Morgan fingerprint density at radius 1 is 1.32 bits per heavy atom. The van der Waals surface area contributed by atoms with Gasteiger partial charge in [-0.15, -0.1) is 5.10 Å². The molecule has 176 valence electrons. The maximum atomic E-state index is 6.06. The first-order valence-electron chi connectivity index (χ1n) is 11.3. The van der Waals surface area contributed by atoms with Crippen LogP contribution in [0.5, 0.6) is 0 Å². The van der Waals surface area contributed by atoms with Gasteiger partial charge < -0.3 is 10.6 Å². The number of piperidine rings is 1. The maximum Gasteiger partial charge on any atom is 0.210 e. The van der Waals surface area contributed by atoms with E-state index in [9.17, 15) is 0 Å². The number of aromatic nitrogens is 3. The Morgan fingerprint density at radius 2 is 2.18 bits per heavy atom. The summed E-state index contributed by atoms with van der Waals surface area (Å²) in [6.45, 7) is 7.08. The average Bonchev–Trinajstić information content (AvgIpc) is 3.28. The van der Waals surface area contributed by atoms with Gasteiger partial charge in [-0.2, -0.15) is 5.10 Å². The number of ether oxygens (including phenoxy) is 1. The molecular weight excluding hydrogens is 448 g/mol. The fourth-order valence-corrected chi connectivity index (χ4v) is 4.43. The van der Waals surface area contributed by atoms with Crippen LogP contribution in [0.15, 0.2) is 66.4 Å². The Kier molecular flexibility index (Phi) is 8.12. The minimum Gasteiger partial charge on any atom is -0.475 e. The number of hydrogen-bond acceptors (Lipinski definition) is 6. The van der Waals surface area contributed by atoms with Crippen LogP contribution in [0.1, 0.15) is 29.7 Å². The summed E-state index contributed by atoms with van der Waals surface area (Å²) in [6, 6.07) is 14.2. The van der Waals surface area contributed by atoms with Crippen molar-refractivity contribution in [2.75, 3.05) is 19.7 Å². The van der Waals surface area contributed by atoms with E-state index in [0.29, 0.717) is 17.7 Å². The van der Waals surface area contributed by atoms with E-state index in [1.165, 1.54) is 5.56 Å². The summed E-state index contributed by atoms with van der Waals surface area (Å²) in [6.07, 6.45) is 9.38. The predicted octanol–water partition coefficient (Wildman–Crippen LogP) is 4.98. The summed E-state index contributed by atoms with van der Waals surface area (Å²) in [5, 5.41) is 11.8. The molecule has 3 heterocycles. The largest absolute Gasteiger partial charge is 0.475 e. The summed E-state index contributed by atoms with van der Waals surface area (Å²) in [4.78, 5) is 6.47. The van der Waals surface area contributed by atoms with Gasteiger partial charge in [-0.1, -0.05) is 54.6 Å². The van der Waals surface area contributed by atoms with E-state index in [1.54, 1.807) is 18.3 Å². The highest BCUT2D eigenvalue weighted by Crippen LogP contribution is 2.27. The minimum atomic E-state index is 0.183. The average molecular weight is 477 g/mol. The molecule has 1 fully saturated rings. The van der Waals surface area contributed by atoms with Crippen molar-refractivity contribution in [2.24, 2.45) is 16.9 Å². The second-order valence-electron chi connectivity index (χ2n) is 8.21. The predicted molar refractivity (Wildman–Crippen MR) is 138 cm³/mol. The van der Waals surface area contributed by atoms with Crippen molar-refractivity contribution in [1.82, 2.24) is 20.1 Å². The van der Waals surface area contributed by atoms with Crippen LogP contribution in [0.2, 0.25) is 5.15 Å². The first kappa shape index (κ1) is 23.7. The van der Waals surface area contributed by atoms with Crippen molar-refractivity contribution in [1.29, 1.82) is 0 Å². The molecule has 3 aromatic rings. The van der Waals surface area contributed by atoms with E-state index in [1.807, 2.05) is 24.3 Å². The van der Waals surface area contributed by atoms with Crippen LogP contribution in [0.4, 0.5) is 0 Å². The number of nitrogens with zero attached hydrogens (tertiary/aromatic N) is 4. The van der Waals surface area contributed by atoms with Crippen LogP contribution in [0.3, 0.4) is 0 Å². The van der Waals surface area contributed by atoms with Crippen molar-refractivity contribution in [3.05, 3.63) is 83.3 Å². The van der Waals surface area contributed by atoms with Gasteiger partial charge in [0, 0.05) is 36.3 Å². The molecule has 4 rings (SSSR count). The molecule has 1 aliphatic rings. The van der Waals surface area contributed by atoms with Gasteiger partial charge in [0.1, 0.15) is 17.5 Å². The van der Waals surface area contributed by atoms with E-state index in [0.717, 1.165) is 55.0 Å². The third-order valence-corrected chi connectivity index (χ3v) is 6.09. The smallest absolute Gasteiger partial charge is 0.210 e. The van der Waals surface area contributed by atoms with Crippen molar-refractivity contribution >= 4 is 29.7 Å². The molecule has 8 heteroatoms. The van der Waals surface area contributed by atoms with Crippen molar-refractivity contribution in [3.63, 3.8) is 0 Å². The Bertz CT molecular complexity index is 1160. The second-order valence-corrected chi connectivity index (χ2v) is 8.60. The number of halogens is 1. The summed E-state index contributed by atoms with van der Waals surface area (Å²) < 4.78 is 5.99. The van der Waals surface area contributed by atoms with E-state index in [4.69, 9.17) is 22.2 Å². The van der Waals surface area contributed by atoms with Crippen molar-refractivity contribution < 1.29 is 4.74 Å². The van der Waals surface area contributed by atoms with Crippen LogP contribution in [0, 0.1) is 5.92 Å². The minimum absolute atomic E-state index is 0.183. The molecule has 7 nitrogen and oxygen atoms in total. The molecule has 0 aliphatic carbocycles. The highest BCUT2D eigenvalue weighted by Gasteiger charge is 2.25. The van der Waals surface area contributed by atoms with Crippen LogP contribution >= 0.6 is 11.6 Å². The van der Waals surface area contributed by atoms with Crippen LogP contribution in [-0.4, -0.2) is 45.7 Å². The van der Waals surface area contributed by atoms with Gasteiger partial charge in [-0.25, -0.2) is 4.98 Å². The lowest BCUT2D eigenvalue weighted by Gasteiger charge is -2.32. The van der Waals surface area contributed by atoms with Gasteiger partial charge in [0.25, 0.3) is 0 Å². The number of hydrazone groups is 1. The number of likely N-dealkylation sites (tertiary alicyclic amines) is 1. The van der Waals surface area contributed by atoms with Crippen LogP contribution in [0.25, 0.3) is 23.4 Å². The third-order valence-electron chi connectivity index (χ3n) is 5.88. The highest BCUT2D eigenvalue weighted by atomic mass is 35.5. The molecule has 2 aromatic heterocycles. The Morgan fingerprint density at radius 3 is 2.94 bits per heavy atom. The second kappa shape index (κ2) is 11.6. The number of benzene rings is 1. The lowest BCUT2D eigenvalue weighted by atomic mass is 9.97. The SMILES string of the molecule is C=Cc1[nH]nc(-c2ccnc(Cl)c2)c1/C=C/CO/C(=N\N)C1CCCN(Cc2ccccc2)C1. The zero-order valence-corrected chi connectivity index (χ0v) is 19.8. The fourth-order valence-electron chi connectivity index (χ4n) is 4.26. The zero-order valence-electron chi connectivity index (χ0n) is 19.0. The highest BCUT2D eigenvalue weighted by molar-refractivity contribution is 6.29. The van der Waals surface area contributed by atoms with Gasteiger partial charge in [0.15, 0.2) is 0 Å². The van der Waals surface area contributed by atoms with Gasteiger partial charge in [0.2, 0.25) is 5.90 Å². The lowest BCUT2D eigenvalue weighted by Crippen LogP contribution is -2.39. The number of hydrogen-bond donors (Lipinski definition) is 2. The normalized spacial score (nSPS) is 17.2. The summed E-state index contributed by atoms with van der Waals surface area (Å²) in [5.74, 6) is 6.49. The molecule has 0 saturated carbocycles. The molecule has 1 saturated heterocycles. The van der Waals surface area contributed by atoms with E-state index >= 15 is 0 Å². The first-order valence-corrected chi connectivity index (χ1v) is 11.7. The van der Waals surface area contributed by atoms with Crippen LogP contribution < -0.4 is 5.84 Å². The monoisotopic (exact) mass is 476 g/mol. The van der Waals surface area contributed by atoms with Gasteiger partial charge in [-0.05, 0) is 49.2 Å². The molecule has 0 amide bonds.